The molecule has 0 unspecified atom stereocenters. The molecule has 0 aliphatic rings. The van der Waals surface area contributed by atoms with Crippen LogP contribution < -0.4 is 10.1 Å². The standard InChI is InChI=1S/C22H22Cl2N4O2S/c1-4-11-28-18(12-30-21-14(2)7-5-8-15(21)3)26-27-22(28)31-13-19(29)25-17-10-6-9-16(23)20(17)24/h4-10H,1,11-13H2,2-3H3,(H,25,29). The summed E-state index contributed by atoms with van der Waals surface area (Å²) in [6.07, 6.45) is 1.75. The molecule has 3 rings (SSSR count). The Hall–Kier alpha value is -2.48. The number of amides is 1. The number of aryl methyl sites for hydroxylation is 2. The van der Waals surface area contributed by atoms with Crippen molar-refractivity contribution in [1.29, 1.82) is 0 Å². The van der Waals surface area contributed by atoms with Gasteiger partial charge < -0.3 is 10.1 Å². The lowest BCUT2D eigenvalue weighted by atomic mass is 10.1. The highest BCUT2D eigenvalue weighted by molar-refractivity contribution is 7.99. The molecule has 1 aromatic heterocycles. The molecule has 0 bridgehead atoms. The molecule has 0 radical (unpaired) electrons. The quantitative estimate of drug-likeness (QED) is 0.316. The Bertz CT molecular complexity index is 1080. The lowest BCUT2D eigenvalue weighted by Gasteiger charge is -2.12. The van der Waals surface area contributed by atoms with Crippen LogP contribution in [0.2, 0.25) is 10.0 Å². The number of hydrogen-bond acceptors (Lipinski definition) is 5. The molecule has 0 saturated heterocycles. The summed E-state index contributed by atoms with van der Waals surface area (Å²) >= 11 is 13.4. The highest BCUT2D eigenvalue weighted by atomic mass is 35.5. The van der Waals surface area contributed by atoms with Crippen molar-refractivity contribution >= 4 is 46.6 Å². The van der Waals surface area contributed by atoms with Crippen LogP contribution in [0.4, 0.5) is 5.69 Å². The largest absolute Gasteiger partial charge is 0.485 e. The van der Waals surface area contributed by atoms with Gasteiger partial charge in [-0.1, -0.05) is 65.3 Å². The third-order valence-corrected chi connectivity index (χ3v) is 6.20. The Morgan fingerprint density at radius 1 is 1.19 bits per heavy atom. The Balaban J connectivity index is 1.66. The SMILES string of the molecule is C=CCn1c(COc2c(C)cccc2C)nnc1SCC(=O)Nc1cccc(Cl)c1Cl. The van der Waals surface area contributed by atoms with Crippen LogP contribution in [0.3, 0.4) is 0 Å². The van der Waals surface area contributed by atoms with E-state index in [2.05, 4.69) is 22.1 Å². The number of nitrogens with zero attached hydrogens (tertiary/aromatic N) is 3. The number of carbonyl (C=O) groups excluding carboxylic acids is 1. The number of allylic oxidation sites excluding steroid dienone is 1. The van der Waals surface area contributed by atoms with E-state index >= 15 is 0 Å². The lowest BCUT2D eigenvalue weighted by molar-refractivity contribution is -0.113. The topological polar surface area (TPSA) is 69.0 Å². The molecule has 162 valence electrons. The first kappa shape index (κ1) is 23.2. The first-order valence-corrected chi connectivity index (χ1v) is 11.2. The van der Waals surface area contributed by atoms with E-state index in [1.54, 1.807) is 24.3 Å². The van der Waals surface area contributed by atoms with Gasteiger partial charge in [0.15, 0.2) is 11.0 Å². The number of ether oxygens (including phenoxy) is 1. The molecule has 1 heterocycles. The van der Waals surface area contributed by atoms with Gasteiger partial charge in [0.2, 0.25) is 5.91 Å². The molecule has 2 aromatic carbocycles. The second-order valence-electron chi connectivity index (χ2n) is 6.75. The zero-order chi connectivity index (χ0) is 22.4. The summed E-state index contributed by atoms with van der Waals surface area (Å²) in [7, 11) is 0. The van der Waals surface area contributed by atoms with Crippen LogP contribution in [0.5, 0.6) is 5.75 Å². The van der Waals surface area contributed by atoms with E-state index in [0.717, 1.165) is 16.9 Å². The number of anilines is 1. The Kier molecular flexibility index (Phi) is 8.01. The molecule has 6 nitrogen and oxygen atoms in total. The predicted octanol–water partition coefficient (Wildman–Crippen LogP) is 5.70. The molecular weight excluding hydrogens is 455 g/mol. The number of benzene rings is 2. The first-order valence-electron chi connectivity index (χ1n) is 9.49. The molecule has 0 atom stereocenters. The maximum absolute atomic E-state index is 12.4. The fourth-order valence-corrected chi connectivity index (χ4v) is 4.04. The third kappa shape index (κ3) is 5.81. The summed E-state index contributed by atoms with van der Waals surface area (Å²) in [4.78, 5) is 12.4. The zero-order valence-corrected chi connectivity index (χ0v) is 19.5. The summed E-state index contributed by atoms with van der Waals surface area (Å²) in [5.74, 6) is 1.40. The number of carbonyl (C=O) groups is 1. The van der Waals surface area contributed by atoms with Crippen LogP contribution in [0.15, 0.2) is 54.2 Å². The van der Waals surface area contributed by atoms with Gasteiger partial charge in [0.25, 0.3) is 0 Å². The van der Waals surface area contributed by atoms with E-state index in [1.807, 2.05) is 36.6 Å². The highest BCUT2D eigenvalue weighted by Crippen LogP contribution is 2.30. The van der Waals surface area contributed by atoms with E-state index in [4.69, 9.17) is 27.9 Å². The maximum Gasteiger partial charge on any atom is 0.234 e. The van der Waals surface area contributed by atoms with Gasteiger partial charge >= 0.3 is 0 Å². The molecule has 31 heavy (non-hydrogen) atoms. The average molecular weight is 477 g/mol. The number of hydrogen-bond donors (Lipinski definition) is 1. The Labute approximate surface area is 195 Å². The van der Waals surface area contributed by atoms with Crippen LogP contribution >= 0.6 is 35.0 Å². The molecule has 0 saturated carbocycles. The van der Waals surface area contributed by atoms with E-state index in [0.29, 0.717) is 33.3 Å². The molecular formula is C22H22Cl2N4O2S. The van der Waals surface area contributed by atoms with Crippen molar-refractivity contribution in [1.82, 2.24) is 14.8 Å². The smallest absolute Gasteiger partial charge is 0.234 e. The number of para-hydroxylation sites is 1. The van der Waals surface area contributed by atoms with E-state index in [1.165, 1.54) is 11.8 Å². The molecule has 0 aliphatic heterocycles. The Morgan fingerprint density at radius 2 is 1.90 bits per heavy atom. The van der Waals surface area contributed by atoms with Crippen LogP contribution in [0, 0.1) is 13.8 Å². The van der Waals surface area contributed by atoms with Crippen molar-refractivity contribution in [3.8, 4) is 5.75 Å². The van der Waals surface area contributed by atoms with Crippen molar-refractivity contribution in [2.24, 2.45) is 0 Å². The maximum atomic E-state index is 12.4. The molecule has 0 aliphatic carbocycles. The van der Waals surface area contributed by atoms with Gasteiger partial charge in [-0.25, -0.2) is 0 Å². The van der Waals surface area contributed by atoms with Gasteiger partial charge in [0.1, 0.15) is 12.4 Å². The van der Waals surface area contributed by atoms with Gasteiger partial charge in [0, 0.05) is 6.54 Å². The van der Waals surface area contributed by atoms with E-state index in [9.17, 15) is 4.79 Å². The second-order valence-corrected chi connectivity index (χ2v) is 8.47. The minimum atomic E-state index is -0.226. The van der Waals surface area contributed by atoms with Crippen LogP contribution in [-0.4, -0.2) is 26.4 Å². The predicted molar refractivity (Wildman–Crippen MR) is 126 cm³/mol. The van der Waals surface area contributed by atoms with Crippen molar-refractivity contribution in [3.05, 3.63) is 76.0 Å². The van der Waals surface area contributed by atoms with Gasteiger partial charge in [0.05, 0.1) is 21.5 Å². The number of nitrogens with one attached hydrogen (secondary N) is 1. The average Bonchev–Trinajstić information content (AvgIpc) is 3.11. The molecule has 9 heteroatoms. The molecule has 0 fully saturated rings. The molecule has 1 amide bonds. The van der Waals surface area contributed by atoms with Crippen molar-refractivity contribution in [3.63, 3.8) is 0 Å². The number of halogens is 2. The minimum absolute atomic E-state index is 0.135. The monoisotopic (exact) mass is 476 g/mol. The van der Waals surface area contributed by atoms with Crippen LogP contribution in [0.1, 0.15) is 17.0 Å². The first-order chi connectivity index (χ1) is 14.9. The summed E-state index contributed by atoms with van der Waals surface area (Å²) in [6.45, 7) is 8.57. The highest BCUT2D eigenvalue weighted by Gasteiger charge is 2.16. The third-order valence-electron chi connectivity index (χ3n) is 4.42. The zero-order valence-electron chi connectivity index (χ0n) is 17.2. The lowest BCUT2D eigenvalue weighted by Crippen LogP contribution is -2.15. The van der Waals surface area contributed by atoms with E-state index in [-0.39, 0.29) is 18.3 Å². The summed E-state index contributed by atoms with van der Waals surface area (Å²) in [6, 6.07) is 11.1. The molecule has 1 N–H and O–H groups in total. The summed E-state index contributed by atoms with van der Waals surface area (Å²) in [5, 5.41) is 12.5. The van der Waals surface area contributed by atoms with Gasteiger partial charge in [-0.3, -0.25) is 9.36 Å². The number of thioether (sulfide) groups is 1. The van der Waals surface area contributed by atoms with Gasteiger partial charge in [-0.15, -0.1) is 16.8 Å². The number of aromatic nitrogens is 3. The van der Waals surface area contributed by atoms with Gasteiger partial charge in [-0.05, 0) is 37.1 Å². The molecule has 3 aromatic rings. The van der Waals surface area contributed by atoms with Crippen LogP contribution in [-0.2, 0) is 17.9 Å². The summed E-state index contributed by atoms with van der Waals surface area (Å²) in [5.41, 5.74) is 2.58. The normalized spacial score (nSPS) is 10.7. The fourth-order valence-electron chi connectivity index (χ4n) is 2.93. The minimum Gasteiger partial charge on any atom is -0.485 e. The second kappa shape index (κ2) is 10.7. The van der Waals surface area contributed by atoms with Crippen molar-refractivity contribution in [2.45, 2.75) is 32.2 Å². The Morgan fingerprint density at radius 3 is 2.61 bits per heavy atom. The van der Waals surface area contributed by atoms with Crippen LogP contribution in [0.25, 0.3) is 0 Å². The fraction of sp³-hybridized carbons (Fsp3) is 0.227. The molecule has 0 spiro atoms. The van der Waals surface area contributed by atoms with Gasteiger partial charge in [-0.2, -0.15) is 0 Å². The summed E-state index contributed by atoms with van der Waals surface area (Å²) < 4.78 is 7.89. The van der Waals surface area contributed by atoms with Crippen molar-refractivity contribution in [2.75, 3.05) is 11.1 Å². The number of rotatable bonds is 9. The van der Waals surface area contributed by atoms with E-state index < -0.39 is 0 Å². The van der Waals surface area contributed by atoms with Crippen molar-refractivity contribution < 1.29 is 9.53 Å².